The van der Waals surface area contributed by atoms with Gasteiger partial charge in [-0.05, 0) is 15.8 Å². The average Bonchev–Trinajstić information content (AvgIpc) is 2.41. The Labute approximate surface area is 140 Å². The molecule has 25 heavy (non-hydrogen) atoms. The molecule has 0 aliphatic heterocycles. The minimum Gasteiger partial charge on any atom is -0.722 e. The molecule has 160 valence electrons. The lowest BCUT2D eigenvalue weighted by Crippen LogP contribution is -1.85. The quantitative estimate of drug-likeness (QED) is 0.256. The Bertz CT molecular complexity index is 427. The van der Waals surface area contributed by atoms with E-state index in [4.69, 9.17) is 21.4 Å². The topological polar surface area (TPSA) is 101 Å². The van der Waals surface area contributed by atoms with E-state index in [9.17, 15) is 38.6 Å². The second kappa shape index (κ2) is 34.1. The Morgan fingerprint density at radius 3 is 1.16 bits per heavy atom. The van der Waals surface area contributed by atoms with Crippen LogP contribution < -0.4 is 0 Å². The minimum atomic E-state index is -5.42. The van der Waals surface area contributed by atoms with Crippen molar-refractivity contribution < 1.29 is 64.4 Å². The van der Waals surface area contributed by atoms with E-state index in [-0.39, 0.29) is 14.1 Å². The van der Waals surface area contributed by atoms with E-state index in [1.807, 2.05) is 0 Å². The monoisotopic (exact) mass is 443 g/mol. The van der Waals surface area contributed by atoms with Gasteiger partial charge in [0.15, 0.2) is 6.33 Å². The van der Waals surface area contributed by atoms with E-state index in [1.165, 1.54) is 6.92 Å². The van der Waals surface area contributed by atoms with Crippen LogP contribution in [0.25, 0.3) is 0 Å². The van der Waals surface area contributed by atoms with Gasteiger partial charge in [0.05, 0.1) is 6.67 Å². The first-order valence-corrected chi connectivity index (χ1v) is 6.97. The van der Waals surface area contributed by atoms with Crippen LogP contribution in [0.1, 0.15) is 14.4 Å². The number of halogens is 9. The Morgan fingerprint density at radius 2 is 1.16 bits per heavy atom. The van der Waals surface area contributed by atoms with Gasteiger partial charge in [0.1, 0.15) is 0 Å². The molecule has 17 heteroatoms. The molecule has 0 N–H and O–H groups in total. The van der Waals surface area contributed by atoms with Crippen LogP contribution in [0.3, 0.4) is 0 Å². The molecule has 0 unspecified atom stereocenters. The molecule has 0 bridgehead atoms. The van der Waals surface area contributed by atoms with E-state index in [0.717, 1.165) is 0 Å². The first-order chi connectivity index (χ1) is 10.7. The Balaban J connectivity index is -0.0000000320. The molecule has 0 spiro atoms. The van der Waals surface area contributed by atoms with Gasteiger partial charge >= 0.3 is 10.5 Å². The number of hydrogen-bond acceptors (Lipinski definition) is 6. The number of hydrogen-bond donors (Lipinski definition) is 0. The third-order valence-electron chi connectivity index (χ3n) is 0.158. The van der Waals surface area contributed by atoms with Crippen molar-refractivity contribution in [2.75, 3.05) is 13.6 Å². The van der Waals surface area contributed by atoms with Crippen molar-refractivity contribution in [2.45, 2.75) is 14.4 Å². The van der Waals surface area contributed by atoms with Gasteiger partial charge in [-0.3, -0.25) is 4.39 Å². The SMILES string of the molecule is C.C=C.CCF.FC=C(F)F.FCF.O=S(=O)(F)OF.O=S(=O)([O-])F. The van der Waals surface area contributed by atoms with E-state index in [1.54, 1.807) is 4.39 Å². The maximum Gasteiger partial charge on any atom is 0.468 e. The van der Waals surface area contributed by atoms with Crippen LogP contribution in [0.15, 0.2) is 25.6 Å². The summed E-state index contributed by atoms with van der Waals surface area (Å²) in [5.41, 5.74) is 0. The van der Waals surface area contributed by atoms with Gasteiger partial charge in [-0.1, -0.05) is 11.3 Å². The highest BCUT2D eigenvalue weighted by molar-refractivity contribution is 7.81. The number of alkyl halides is 3. The van der Waals surface area contributed by atoms with Gasteiger partial charge in [0, 0.05) is 0 Å². The lowest BCUT2D eigenvalue weighted by molar-refractivity contribution is -0.00520. The van der Waals surface area contributed by atoms with Gasteiger partial charge < -0.3 is 4.55 Å². The summed E-state index contributed by atoms with van der Waals surface area (Å²) in [6.45, 7) is 5.46. The standard InChI is InChI=1S/C2HF3.C2H5F.C2H4.CH2F2.CH4.F2O3S.FHO3S/c3-1-2(4)5;1-2-3;1-2;2-1-3;;1-5-6(2,3)4;1-5(2,3)4/h1H;2H2,1H3;1-2H2;1H2;1H4;;(H,2,3,4)/p-1. The first kappa shape index (κ1) is 43.8. The molecule has 0 aromatic heterocycles. The average molecular weight is 443 g/mol. The van der Waals surface area contributed by atoms with Crippen molar-refractivity contribution in [3.8, 4) is 0 Å². The highest BCUT2D eigenvalue weighted by atomic mass is 32.3. The van der Waals surface area contributed by atoms with Gasteiger partial charge in [0.2, 0.25) is 6.93 Å². The van der Waals surface area contributed by atoms with Crippen LogP contribution in [-0.2, 0) is 25.4 Å². The molecule has 0 aliphatic carbocycles. The summed E-state index contributed by atoms with van der Waals surface area (Å²) in [5, 5.41) is 0. The molecule has 0 aromatic rings. The molecule has 0 amide bonds. The van der Waals surface area contributed by atoms with Crippen molar-refractivity contribution in [3.63, 3.8) is 0 Å². The summed E-state index contributed by atoms with van der Waals surface area (Å²) < 4.78 is 135. The fraction of sp³-hybridized carbons (Fsp3) is 0.500. The third-order valence-corrected chi connectivity index (χ3v) is 0.308. The molecular formula is C8H16F9O6S2-. The molecule has 0 aliphatic rings. The minimum absolute atomic E-state index is 0. The second-order valence-corrected chi connectivity index (χ2v) is 3.31. The molecule has 0 radical (unpaired) electrons. The Hall–Kier alpha value is -1.33. The number of rotatable bonds is 1. The lowest BCUT2D eigenvalue weighted by atomic mass is 10.9. The summed E-state index contributed by atoms with van der Waals surface area (Å²) in [6, 6.07) is 0. The van der Waals surface area contributed by atoms with Crippen molar-refractivity contribution >= 4 is 21.0 Å². The molecule has 0 rings (SSSR count). The summed E-state index contributed by atoms with van der Waals surface area (Å²) in [6.07, 6.45) is -3.04. The van der Waals surface area contributed by atoms with Crippen molar-refractivity contribution in [1.29, 1.82) is 0 Å². The smallest absolute Gasteiger partial charge is 0.468 e. The largest absolute Gasteiger partial charge is 0.722 e. The van der Waals surface area contributed by atoms with Crippen LogP contribution >= 0.6 is 0 Å². The van der Waals surface area contributed by atoms with E-state index < -0.39 is 40.3 Å². The normalized spacial score (nSPS) is 8.12. The molecule has 0 saturated heterocycles. The second-order valence-electron chi connectivity index (χ2n) is 1.62. The zero-order valence-electron chi connectivity index (χ0n) is 11.6. The fourth-order valence-corrected chi connectivity index (χ4v) is 0. The van der Waals surface area contributed by atoms with Gasteiger partial charge in [-0.2, -0.15) is 17.2 Å². The van der Waals surface area contributed by atoms with E-state index in [2.05, 4.69) is 13.2 Å². The molecule has 0 aromatic carbocycles. The zero-order chi connectivity index (χ0) is 21.4. The van der Waals surface area contributed by atoms with Crippen LogP contribution in [0.2, 0.25) is 0 Å². The Kier molecular flexibility index (Phi) is 59.7. The molecule has 0 saturated carbocycles. The van der Waals surface area contributed by atoms with Crippen molar-refractivity contribution in [2.24, 2.45) is 0 Å². The maximum atomic E-state index is 10.5. The highest BCUT2D eigenvalue weighted by Gasteiger charge is 2.03. The van der Waals surface area contributed by atoms with E-state index >= 15 is 0 Å². The first-order valence-electron chi connectivity index (χ1n) is 4.36. The van der Waals surface area contributed by atoms with Crippen LogP contribution in [0.5, 0.6) is 0 Å². The maximum absolute atomic E-state index is 10.5. The van der Waals surface area contributed by atoms with Crippen LogP contribution in [0, 0.1) is 0 Å². The predicted octanol–water partition coefficient (Wildman–Crippen LogP) is 4.51. The molecule has 6 nitrogen and oxygen atoms in total. The van der Waals surface area contributed by atoms with Gasteiger partial charge in [-0.15, -0.1) is 17.0 Å². The summed E-state index contributed by atoms with van der Waals surface area (Å²) in [5.74, 6) is 0. The predicted molar refractivity (Wildman–Crippen MR) is 71.2 cm³/mol. The molecular weight excluding hydrogens is 427 g/mol. The molecule has 0 atom stereocenters. The zero-order valence-corrected chi connectivity index (χ0v) is 13.2. The summed E-state index contributed by atoms with van der Waals surface area (Å²) in [4.78, 5) is 0. The third kappa shape index (κ3) is 719. The summed E-state index contributed by atoms with van der Waals surface area (Å²) >= 11 is 0. The Morgan fingerprint density at radius 1 is 1.08 bits per heavy atom. The summed E-state index contributed by atoms with van der Waals surface area (Å²) in [7, 11) is -10.7. The van der Waals surface area contributed by atoms with Gasteiger partial charge in [0.25, 0.3) is 16.6 Å². The van der Waals surface area contributed by atoms with E-state index in [0.29, 0.717) is 0 Å². The fourth-order valence-electron chi connectivity index (χ4n) is 0. The van der Waals surface area contributed by atoms with Crippen LogP contribution in [-0.4, -0.2) is 35.0 Å². The van der Waals surface area contributed by atoms with Crippen molar-refractivity contribution in [3.05, 3.63) is 25.6 Å². The van der Waals surface area contributed by atoms with Crippen molar-refractivity contribution in [1.82, 2.24) is 0 Å². The molecule has 0 heterocycles. The lowest BCUT2D eigenvalue weighted by Gasteiger charge is -1.84. The highest BCUT2D eigenvalue weighted by Crippen LogP contribution is 1.93. The van der Waals surface area contributed by atoms with Crippen LogP contribution in [0.4, 0.5) is 38.6 Å². The molecule has 0 fully saturated rings. The van der Waals surface area contributed by atoms with Gasteiger partial charge in [-0.25, -0.2) is 21.6 Å².